The molecule has 2 heterocycles. The zero-order valence-corrected chi connectivity index (χ0v) is 9.30. The van der Waals surface area contributed by atoms with Gasteiger partial charge in [-0.15, -0.1) is 0 Å². The molecule has 0 aromatic rings. The van der Waals surface area contributed by atoms with Crippen molar-refractivity contribution in [2.75, 3.05) is 0 Å². The molecule has 0 aromatic heterocycles. The Balaban J connectivity index is 1.73. The molecule has 1 N–H and O–H groups in total. The van der Waals surface area contributed by atoms with Gasteiger partial charge in [0.05, 0.1) is 12.1 Å². The molecule has 0 spiro atoms. The highest BCUT2D eigenvalue weighted by Crippen LogP contribution is 2.64. The van der Waals surface area contributed by atoms with Crippen LogP contribution >= 0.6 is 0 Å². The number of ether oxygens (including phenoxy) is 1. The lowest BCUT2D eigenvalue weighted by Crippen LogP contribution is -2.41. The van der Waals surface area contributed by atoms with E-state index in [0.29, 0.717) is 11.8 Å². The third-order valence-electron chi connectivity index (χ3n) is 3.77. The molecule has 15 heavy (non-hydrogen) atoms. The number of carbonyl (C=O) groups is 1. The Morgan fingerprint density at radius 2 is 2.13 bits per heavy atom. The van der Waals surface area contributed by atoms with Crippen LogP contribution in [0, 0.1) is 11.8 Å². The second-order valence-corrected chi connectivity index (χ2v) is 5.91. The minimum absolute atomic E-state index is 0.0276. The lowest BCUT2D eigenvalue weighted by atomic mass is 10.2. The van der Waals surface area contributed by atoms with E-state index in [1.165, 1.54) is 0 Å². The first-order valence-electron chi connectivity index (χ1n) is 5.59. The van der Waals surface area contributed by atoms with Crippen molar-refractivity contribution in [2.24, 2.45) is 11.8 Å². The summed E-state index contributed by atoms with van der Waals surface area (Å²) in [5, 5.41) is 9.82. The summed E-state index contributed by atoms with van der Waals surface area (Å²) < 4.78 is 5.34. The predicted molar refractivity (Wildman–Crippen MR) is 53.3 cm³/mol. The molecule has 4 rings (SSSR count). The van der Waals surface area contributed by atoms with E-state index in [9.17, 15) is 9.90 Å². The molecule has 0 radical (unpaired) electrons. The highest BCUT2D eigenvalue weighted by Gasteiger charge is 2.74. The van der Waals surface area contributed by atoms with Crippen LogP contribution < -0.4 is 0 Å². The number of amides is 1. The molecule has 2 saturated heterocycles. The molecule has 0 aromatic carbocycles. The molecule has 4 heteroatoms. The van der Waals surface area contributed by atoms with Gasteiger partial charge < -0.3 is 9.84 Å². The normalized spacial score (nSPS) is 45.9. The van der Waals surface area contributed by atoms with Crippen molar-refractivity contribution in [1.82, 2.24) is 4.90 Å². The smallest absolute Gasteiger partial charge is 0.410 e. The molecular formula is C11H17NO3. The number of aliphatic hydroxyl groups excluding tert-OH is 1. The lowest BCUT2D eigenvalue weighted by Gasteiger charge is -2.27. The average Bonchev–Trinajstić information content (AvgIpc) is 2.41. The molecule has 4 bridgehead atoms. The van der Waals surface area contributed by atoms with Gasteiger partial charge in [-0.25, -0.2) is 4.79 Å². The first-order valence-corrected chi connectivity index (χ1v) is 5.59. The summed E-state index contributed by atoms with van der Waals surface area (Å²) >= 11 is 0. The number of carbonyl (C=O) groups excluding carboxylic acids is 1. The van der Waals surface area contributed by atoms with Crippen LogP contribution in [0.4, 0.5) is 4.79 Å². The summed E-state index contributed by atoms with van der Waals surface area (Å²) in [5.41, 5.74) is -0.445. The van der Waals surface area contributed by atoms with Crippen molar-refractivity contribution in [2.45, 2.75) is 51.0 Å². The van der Waals surface area contributed by atoms with Gasteiger partial charge in [-0.3, -0.25) is 4.90 Å². The fourth-order valence-electron chi connectivity index (χ4n) is 3.27. The standard InChI is InChI=1S/C11H17NO3/c1-11(2,3)15-10(14)12-6-4-5-7(8(5)12)9(6)13/h5-9,13H,4H2,1-3H3/t5-,6+,7+,8-,9+/m0/s1. The van der Waals surface area contributed by atoms with E-state index in [0.717, 1.165) is 6.42 Å². The highest BCUT2D eigenvalue weighted by molar-refractivity contribution is 5.72. The maximum Gasteiger partial charge on any atom is 0.410 e. The Bertz CT molecular complexity index is 322. The first-order chi connectivity index (χ1) is 6.90. The summed E-state index contributed by atoms with van der Waals surface area (Å²) in [7, 11) is 0. The van der Waals surface area contributed by atoms with Crippen LogP contribution in [-0.4, -0.2) is 39.9 Å². The second-order valence-electron chi connectivity index (χ2n) is 5.91. The molecule has 2 saturated carbocycles. The van der Waals surface area contributed by atoms with Crippen molar-refractivity contribution in [1.29, 1.82) is 0 Å². The minimum Gasteiger partial charge on any atom is -0.444 e. The maximum atomic E-state index is 11.9. The van der Waals surface area contributed by atoms with Gasteiger partial charge in [0, 0.05) is 12.0 Å². The molecule has 0 unspecified atom stereocenters. The average molecular weight is 211 g/mol. The van der Waals surface area contributed by atoms with Crippen LogP contribution in [0.2, 0.25) is 0 Å². The molecule has 5 atom stereocenters. The molecule has 4 aliphatic rings. The Morgan fingerprint density at radius 1 is 1.47 bits per heavy atom. The lowest BCUT2D eigenvalue weighted by molar-refractivity contribution is 0.0163. The fraction of sp³-hybridized carbons (Fsp3) is 0.909. The largest absolute Gasteiger partial charge is 0.444 e. The number of hydrogen-bond acceptors (Lipinski definition) is 3. The van der Waals surface area contributed by atoms with Gasteiger partial charge in [0.25, 0.3) is 0 Å². The summed E-state index contributed by atoms with van der Waals surface area (Å²) in [6.07, 6.45) is 0.419. The summed E-state index contributed by atoms with van der Waals surface area (Å²) in [6.45, 7) is 5.60. The van der Waals surface area contributed by atoms with Gasteiger partial charge in [0.2, 0.25) is 0 Å². The third kappa shape index (κ3) is 1.14. The van der Waals surface area contributed by atoms with Crippen LogP contribution in [0.3, 0.4) is 0 Å². The van der Waals surface area contributed by atoms with Crippen LogP contribution in [0.1, 0.15) is 27.2 Å². The first kappa shape index (κ1) is 9.46. The Kier molecular flexibility index (Phi) is 1.57. The van der Waals surface area contributed by atoms with Gasteiger partial charge in [-0.1, -0.05) is 0 Å². The predicted octanol–water partition coefficient (Wildman–Crippen LogP) is 0.985. The van der Waals surface area contributed by atoms with E-state index in [1.807, 2.05) is 20.8 Å². The zero-order chi connectivity index (χ0) is 11.0. The van der Waals surface area contributed by atoms with Crippen LogP contribution in [0.25, 0.3) is 0 Å². The topological polar surface area (TPSA) is 49.8 Å². The van der Waals surface area contributed by atoms with E-state index in [1.54, 1.807) is 4.90 Å². The fourth-order valence-corrected chi connectivity index (χ4v) is 3.27. The van der Waals surface area contributed by atoms with Crippen LogP contribution in [0.15, 0.2) is 0 Å². The molecule has 2 aliphatic carbocycles. The maximum absolute atomic E-state index is 11.9. The van der Waals surface area contributed by atoms with Crippen molar-refractivity contribution >= 4 is 6.09 Å². The van der Waals surface area contributed by atoms with E-state index in [4.69, 9.17) is 4.74 Å². The monoisotopic (exact) mass is 211 g/mol. The summed E-state index contributed by atoms with van der Waals surface area (Å²) in [6, 6.07) is 0.305. The van der Waals surface area contributed by atoms with Gasteiger partial charge in [-0.2, -0.15) is 0 Å². The molecule has 4 fully saturated rings. The quantitative estimate of drug-likeness (QED) is 0.650. The third-order valence-corrected chi connectivity index (χ3v) is 3.77. The number of nitrogens with zero attached hydrogens (tertiary/aromatic N) is 1. The second kappa shape index (κ2) is 2.48. The van der Waals surface area contributed by atoms with Crippen molar-refractivity contribution in [3.05, 3.63) is 0 Å². The number of aliphatic hydroxyl groups is 1. The molecule has 4 nitrogen and oxygen atoms in total. The van der Waals surface area contributed by atoms with Crippen molar-refractivity contribution in [3.63, 3.8) is 0 Å². The zero-order valence-electron chi connectivity index (χ0n) is 9.30. The Hall–Kier alpha value is -0.770. The van der Waals surface area contributed by atoms with E-state index >= 15 is 0 Å². The molecule has 1 amide bonds. The van der Waals surface area contributed by atoms with Gasteiger partial charge in [0.15, 0.2) is 0 Å². The van der Waals surface area contributed by atoms with E-state index in [2.05, 4.69) is 0 Å². The summed E-state index contributed by atoms with van der Waals surface area (Å²) in [5.74, 6) is 0.903. The van der Waals surface area contributed by atoms with E-state index in [-0.39, 0.29) is 24.3 Å². The van der Waals surface area contributed by atoms with E-state index < -0.39 is 5.60 Å². The summed E-state index contributed by atoms with van der Waals surface area (Å²) in [4.78, 5) is 13.6. The van der Waals surface area contributed by atoms with Gasteiger partial charge >= 0.3 is 6.09 Å². The van der Waals surface area contributed by atoms with Crippen molar-refractivity contribution < 1.29 is 14.6 Å². The highest BCUT2D eigenvalue weighted by atomic mass is 16.6. The number of rotatable bonds is 0. The Labute approximate surface area is 89.2 Å². The van der Waals surface area contributed by atoms with Crippen LogP contribution in [0.5, 0.6) is 0 Å². The van der Waals surface area contributed by atoms with Gasteiger partial charge in [-0.05, 0) is 33.1 Å². The number of hydrogen-bond donors (Lipinski definition) is 1. The molecular weight excluding hydrogens is 194 g/mol. The number of piperidine rings is 2. The Morgan fingerprint density at radius 3 is 2.47 bits per heavy atom. The SMILES string of the molecule is CC(C)(C)OC(=O)N1[C@H]2[C@H]3C[C@@H]1[C@@H](O)[C@H]32. The minimum atomic E-state index is -0.445. The van der Waals surface area contributed by atoms with Crippen LogP contribution in [-0.2, 0) is 4.74 Å². The van der Waals surface area contributed by atoms with Crippen molar-refractivity contribution in [3.8, 4) is 0 Å². The van der Waals surface area contributed by atoms with Gasteiger partial charge in [0.1, 0.15) is 5.60 Å². The molecule has 2 aliphatic heterocycles. The molecule has 84 valence electrons.